The maximum atomic E-state index is 8.33. The van der Waals surface area contributed by atoms with Crippen LogP contribution < -0.4 is 14.9 Å². The Balaban J connectivity index is 1.78. The fourth-order valence-corrected chi connectivity index (χ4v) is 9.11. The highest BCUT2D eigenvalue weighted by atomic mass is 28.3. The molecule has 0 fully saturated rings. The lowest BCUT2D eigenvalue weighted by Gasteiger charge is -2.43. The molecule has 0 unspecified atom stereocenters. The average molecular weight is 452 g/mol. The molecule has 0 radical (unpaired) electrons. The molecule has 33 heavy (non-hydrogen) atoms. The predicted octanol–water partition coefficient (Wildman–Crippen LogP) is 5.92. The van der Waals surface area contributed by atoms with Gasteiger partial charge >= 0.3 is 0 Å². The maximum Gasteiger partial charge on any atom is 0.213 e. The van der Waals surface area contributed by atoms with E-state index in [1.54, 1.807) is 6.20 Å². The molecule has 166 valence electrons. The van der Waals surface area contributed by atoms with Gasteiger partial charge in [0.25, 0.3) is 0 Å². The Morgan fingerprint density at radius 3 is 2.24 bits per heavy atom. The molecule has 0 atom stereocenters. The van der Waals surface area contributed by atoms with Gasteiger partial charge in [0.1, 0.15) is 15.1 Å². The minimum absolute atomic E-state index is 0.102. The third-order valence-corrected chi connectivity index (χ3v) is 11.2. The second-order valence-electron chi connectivity index (χ2n) is 10.5. The van der Waals surface area contributed by atoms with E-state index in [-0.39, 0.29) is 5.41 Å². The van der Waals surface area contributed by atoms with Crippen LogP contribution in [0.5, 0.6) is 0 Å². The number of nitrogens with zero attached hydrogens (tertiary/aromatic N) is 1. The van der Waals surface area contributed by atoms with Crippen molar-refractivity contribution in [3.8, 4) is 22.4 Å². The first-order valence-corrected chi connectivity index (χ1v) is 14.7. The summed E-state index contributed by atoms with van der Waals surface area (Å²) in [6.45, 7) is 9.32. The van der Waals surface area contributed by atoms with Gasteiger partial charge in [0, 0.05) is 26.7 Å². The van der Waals surface area contributed by atoms with Crippen LogP contribution in [-0.4, -0.2) is 8.07 Å². The molecular weight excluding hydrogens is 414 g/mol. The predicted molar refractivity (Wildman–Crippen MR) is 143 cm³/mol. The standard InChI is InChI=1S/C31H34NSi/c1-21-12-8-9-13-24(21)28-19-25(22(2)20-32(28)5)23-16-17-27-30(18-23)33(6,7)29-15-11-10-14-26(29)31(27,3)4/h8-20H,1-7H3/q+1/i2D3. The van der Waals surface area contributed by atoms with Crippen molar-refractivity contribution in [3.63, 3.8) is 0 Å². The van der Waals surface area contributed by atoms with Gasteiger partial charge in [0.15, 0.2) is 6.20 Å². The Morgan fingerprint density at radius 2 is 1.48 bits per heavy atom. The SMILES string of the molecule is [2H]C([2H])([2H])c1c[n+](C)c(-c2ccccc2C)cc1-c1ccc2c(c1)[Si](C)(C)c1ccccc1C2(C)C. The normalized spacial score (nSPS) is 17.3. The topological polar surface area (TPSA) is 3.88 Å². The van der Waals surface area contributed by atoms with Crippen LogP contribution in [0.2, 0.25) is 13.1 Å². The van der Waals surface area contributed by atoms with Crippen LogP contribution in [0.3, 0.4) is 0 Å². The summed E-state index contributed by atoms with van der Waals surface area (Å²) in [5, 5.41) is 2.86. The van der Waals surface area contributed by atoms with Crippen LogP contribution >= 0.6 is 0 Å². The number of pyridine rings is 1. The lowest BCUT2D eigenvalue weighted by molar-refractivity contribution is -0.660. The molecule has 1 aliphatic rings. The van der Waals surface area contributed by atoms with Gasteiger partial charge in [-0.25, -0.2) is 4.57 Å². The smallest absolute Gasteiger partial charge is 0.201 e. The Labute approximate surface area is 204 Å². The van der Waals surface area contributed by atoms with E-state index in [1.807, 2.05) is 23.7 Å². The van der Waals surface area contributed by atoms with Gasteiger partial charge in [-0.05, 0) is 52.8 Å². The number of hydrogen-bond donors (Lipinski definition) is 0. The molecule has 2 heteroatoms. The molecule has 1 aromatic heterocycles. The fraction of sp³-hybridized carbons (Fsp3) is 0.258. The monoisotopic (exact) mass is 451 g/mol. The lowest BCUT2D eigenvalue weighted by atomic mass is 9.77. The number of aryl methyl sites for hydroxylation is 3. The summed E-state index contributed by atoms with van der Waals surface area (Å²) in [4.78, 5) is 0. The molecular formula is C31H34NSi+. The molecule has 0 bridgehead atoms. The minimum Gasteiger partial charge on any atom is -0.201 e. The summed E-state index contributed by atoms with van der Waals surface area (Å²) in [6, 6.07) is 25.9. The number of fused-ring (bicyclic) bond motifs is 2. The van der Waals surface area contributed by atoms with E-state index < -0.39 is 14.9 Å². The average Bonchev–Trinajstić information content (AvgIpc) is 2.83. The molecule has 0 saturated heterocycles. The first kappa shape index (κ1) is 18.5. The van der Waals surface area contributed by atoms with Gasteiger partial charge in [-0.2, -0.15) is 0 Å². The molecule has 0 saturated carbocycles. The quantitative estimate of drug-likeness (QED) is 0.263. The van der Waals surface area contributed by atoms with Crippen molar-refractivity contribution >= 4 is 18.4 Å². The fourth-order valence-electron chi connectivity index (χ4n) is 5.65. The molecule has 2 heterocycles. The summed E-state index contributed by atoms with van der Waals surface area (Å²) in [5.74, 6) is 0. The third-order valence-electron chi connectivity index (χ3n) is 7.65. The van der Waals surface area contributed by atoms with E-state index >= 15 is 0 Å². The maximum absolute atomic E-state index is 8.33. The first-order valence-electron chi connectivity index (χ1n) is 13.2. The van der Waals surface area contributed by atoms with Gasteiger partial charge in [-0.3, -0.25) is 0 Å². The molecule has 0 aliphatic carbocycles. The Morgan fingerprint density at radius 1 is 0.788 bits per heavy atom. The van der Waals surface area contributed by atoms with Gasteiger partial charge < -0.3 is 0 Å². The van der Waals surface area contributed by atoms with E-state index in [4.69, 9.17) is 4.11 Å². The van der Waals surface area contributed by atoms with Crippen molar-refractivity contribution in [3.05, 3.63) is 101 Å². The van der Waals surface area contributed by atoms with Crippen molar-refractivity contribution in [1.29, 1.82) is 0 Å². The summed E-state index contributed by atoms with van der Waals surface area (Å²) in [6.07, 6.45) is 1.80. The van der Waals surface area contributed by atoms with Crippen molar-refractivity contribution in [2.75, 3.05) is 0 Å². The first-order chi connectivity index (χ1) is 16.8. The molecule has 1 aliphatic heterocycles. The second-order valence-corrected chi connectivity index (χ2v) is 14.8. The van der Waals surface area contributed by atoms with E-state index in [1.165, 1.54) is 21.5 Å². The molecule has 4 aromatic rings. The highest BCUT2D eigenvalue weighted by Crippen LogP contribution is 2.37. The molecule has 0 spiro atoms. The highest BCUT2D eigenvalue weighted by Gasteiger charge is 2.42. The van der Waals surface area contributed by atoms with Gasteiger partial charge in [-0.15, -0.1) is 0 Å². The summed E-state index contributed by atoms with van der Waals surface area (Å²) in [5.41, 5.74) is 8.11. The van der Waals surface area contributed by atoms with E-state index in [9.17, 15) is 0 Å². The minimum atomic E-state index is -2.22. The van der Waals surface area contributed by atoms with Gasteiger partial charge in [-0.1, -0.05) is 92.8 Å². The van der Waals surface area contributed by atoms with Crippen molar-refractivity contribution in [2.45, 2.75) is 46.1 Å². The Kier molecular flexibility index (Phi) is 4.21. The van der Waals surface area contributed by atoms with Crippen LogP contribution in [0.25, 0.3) is 22.4 Å². The zero-order valence-corrected chi connectivity index (χ0v) is 21.5. The van der Waals surface area contributed by atoms with E-state index in [0.717, 1.165) is 27.9 Å². The number of benzene rings is 3. The van der Waals surface area contributed by atoms with Crippen LogP contribution in [0.4, 0.5) is 0 Å². The zero-order valence-electron chi connectivity index (χ0n) is 23.5. The summed E-state index contributed by atoms with van der Waals surface area (Å²) < 4.78 is 26.9. The number of hydrogen-bond acceptors (Lipinski definition) is 0. The van der Waals surface area contributed by atoms with Crippen LogP contribution in [0.1, 0.15) is 40.2 Å². The van der Waals surface area contributed by atoms with Crippen LogP contribution in [0.15, 0.2) is 79.0 Å². The van der Waals surface area contributed by atoms with Crippen molar-refractivity contribution in [2.24, 2.45) is 7.05 Å². The van der Waals surface area contributed by atoms with Gasteiger partial charge in [0.2, 0.25) is 5.69 Å². The third kappa shape index (κ3) is 3.31. The Hall–Kier alpha value is -2.97. The van der Waals surface area contributed by atoms with E-state index in [0.29, 0.717) is 5.56 Å². The molecule has 5 rings (SSSR count). The highest BCUT2D eigenvalue weighted by molar-refractivity contribution is 7.01. The van der Waals surface area contributed by atoms with Crippen LogP contribution in [-0.2, 0) is 12.5 Å². The number of aromatic nitrogens is 1. The molecule has 3 aromatic carbocycles. The van der Waals surface area contributed by atoms with Crippen molar-refractivity contribution < 1.29 is 8.68 Å². The zero-order chi connectivity index (χ0) is 26.0. The summed E-state index contributed by atoms with van der Waals surface area (Å²) >= 11 is 0. The molecule has 1 nitrogen and oxygen atoms in total. The number of rotatable bonds is 2. The molecule has 0 N–H and O–H groups in total. The van der Waals surface area contributed by atoms with Gasteiger partial charge in [0.05, 0.1) is 0 Å². The Bertz CT molecular complexity index is 1500. The van der Waals surface area contributed by atoms with Crippen molar-refractivity contribution in [1.82, 2.24) is 0 Å². The lowest BCUT2D eigenvalue weighted by Crippen LogP contribution is -2.61. The summed E-state index contributed by atoms with van der Waals surface area (Å²) in [7, 11) is -0.0577. The van der Waals surface area contributed by atoms with Crippen LogP contribution in [0, 0.1) is 13.8 Å². The molecule has 0 amide bonds. The largest absolute Gasteiger partial charge is 0.213 e. The second kappa shape index (κ2) is 7.53. The van der Waals surface area contributed by atoms with E-state index in [2.05, 4.69) is 94.5 Å².